The van der Waals surface area contributed by atoms with E-state index in [0.717, 1.165) is 5.76 Å². The molecule has 1 amide bonds. The molecule has 0 fully saturated rings. The number of sulfonamides is 1. The summed E-state index contributed by atoms with van der Waals surface area (Å²) in [5.74, 6) is 0.970. The number of benzene rings is 2. The minimum atomic E-state index is -3.86. The van der Waals surface area contributed by atoms with Crippen LogP contribution in [0.1, 0.15) is 22.2 Å². The Morgan fingerprint density at radius 1 is 1.10 bits per heavy atom. The maximum Gasteiger partial charge on any atom is 0.261 e. The average molecular weight is 444 g/mol. The summed E-state index contributed by atoms with van der Waals surface area (Å²) in [6.45, 7) is 0.306. The predicted molar refractivity (Wildman–Crippen MR) is 118 cm³/mol. The Balaban J connectivity index is 1.71. The van der Waals surface area contributed by atoms with Crippen molar-refractivity contribution in [1.82, 2.24) is 10.2 Å². The van der Waals surface area contributed by atoms with E-state index in [1.165, 1.54) is 25.3 Å². The van der Waals surface area contributed by atoms with Crippen LogP contribution in [0.2, 0.25) is 0 Å². The van der Waals surface area contributed by atoms with Gasteiger partial charge in [-0.1, -0.05) is 6.07 Å². The lowest BCUT2D eigenvalue weighted by Crippen LogP contribution is -2.34. The summed E-state index contributed by atoms with van der Waals surface area (Å²) in [5, 5.41) is 2.84. The number of furan rings is 1. The van der Waals surface area contributed by atoms with Gasteiger partial charge in [0.25, 0.3) is 15.9 Å². The Morgan fingerprint density at radius 2 is 1.84 bits per heavy atom. The number of rotatable bonds is 9. The quantitative estimate of drug-likeness (QED) is 0.527. The van der Waals surface area contributed by atoms with Gasteiger partial charge >= 0.3 is 0 Å². The Labute approximate surface area is 181 Å². The predicted octanol–water partition coefficient (Wildman–Crippen LogP) is 3.12. The standard InChI is InChI=1S/C22H25N3O5S/c1-25(2)20(21-8-5-13-30-21)15-23-22(26)16-6-4-7-19(14-16)31(27,28)24-17-9-11-18(29-3)12-10-17/h4-14,20,24H,15H2,1-3H3,(H,23,26)/t20-/m1/s1. The maximum atomic E-state index is 12.7. The largest absolute Gasteiger partial charge is 0.497 e. The van der Waals surface area contributed by atoms with Crippen molar-refractivity contribution < 1.29 is 22.4 Å². The van der Waals surface area contributed by atoms with Crippen molar-refractivity contribution >= 4 is 21.6 Å². The summed E-state index contributed by atoms with van der Waals surface area (Å²) < 4.78 is 38.5. The molecule has 0 bridgehead atoms. The molecule has 0 saturated heterocycles. The average Bonchev–Trinajstić information content (AvgIpc) is 3.28. The summed E-state index contributed by atoms with van der Waals surface area (Å²) in [7, 11) is 1.44. The van der Waals surface area contributed by atoms with E-state index in [0.29, 0.717) is 18.0 Å². The third-order valence-electron chi connectivity index (χ3n) is 4.70. The number of carbonyl (C=O) groups is 1. The molecule has 3 aromatic rings. The van der Waals surface area contributed by atoms with Crippen LogP contribution < -0.4 is 14.8 Å². The van der Waals surface area contributed by atoms with Gasteiger partial charge in [-0.05, 0) is 68.7 Å². The van der Waals surface area contributed by atoms with E-state index in [1.54, 1.807) is 42.7 Å². The number of hydrogen-bond acceptors (Lipinski definition) is 6. The first kappa shape index (κ1) is 22.4. The number of carbonyl (C=O) groups excluding carboxylic acids is 1. The highest BCUT2D eigenvalue weighted by atomic mass is 32.2. The van der Waals surface area contributed by atoms with Gasteiger partial charge in [-0.25, -0.2) is 8.42 Å². The van der Waals surface area contributed by atoms with Crippen LogP contribution in [0.3, 0.4) is 0 Å². The third-order valence-corrected chi connectivity index (χ3v) is 6.08. The fourth-order valence-corrected chi connectivity index (χ4v) is 4.09. The van der Waals surface area contributed by atoms with E-state index >= 15 is 0 Å². The molecule has 1 heterocycles. The zero-order chi connectivity index (χ0) is 22.4. The molecule has 164 valence electrons. The van der Waals surface area contributed by atoms with Crippen LogP contribution in [-0.2, 0) is 10.0 Å². The molecule has 0 aliphatic rings. The molecule has 1 atom stereocenters. The first-order valence-corrected chi connectivity index (χ1v) is 11.0. The first-order valence-electron chi connectivity index (χ1n) is 9.55. The zero-order valence-corrected chi connectivity index (χ0v) is 18.3. The van der Waals surface area contributed by atoms with Crippen LogP contribution in [0.25, 0.3) is 0 Å². The Kier molecular flexibility index (Phi) is 6.98. The summed E-state index contributed by atoms with van der Waals surface area (Å²) >= 11 is 0. The summed E-state index contributed by atoms with van der Waals surface area (Å²) in [5.41, 5.74) is 0.637. The van der Waals surface area contributed by atoms with Gasteiger partial charge in [0.15, 0.2) is 0 Å². The Hall–Kier alpha value is -3.30. The fraction of sp³-hybridized carbons (Fsp3) is 0.227. The molecule has 1 aromatic heterocycles. The molecule has 0 saturated carbocycles. The highest BCUT2D eigenvalue weighted by molar-refractivity contribution is 7.92. The monoisotopic (exact) mass is 443 g/mol. The number of methoxy groups -OCH3 is 1. The van der Waals surface area contributed by atoms with Gasteiger partial charge in [0.05, 0.1) is 24.3 Å². The number of nitrogens with zero attached hydrogens (tertiary/aromatic N) is 1. The lowest BCUT2D eigenvalue weighted by Gasteiger charge is -2.22. The van der Waals surface area contributed by atoms with Gasteiger partial charge in [0.2, 0.25) is 0 Å². The van der Waals surface area contributed by atoms with E-state index in [-0.39, 0.29) is 22.4 Å². The summed E-state index contributed by atoms with van der Waals surface area (Å²) in [6, 6.07) is 15.9. The molecular weight excluding hydrogens is 418 g/mol. The van der Waals surface area contributed by atoms with Crippen LogP contribution >= 0.6 is 0 Å². The Morgan fingerprint density at radius 3 is 2.45 bits per heavy atom. The highest BCUT2D eigenvalue weighted by Crippen LogP contribution is 2.21. The topological polar surface area (TPSA) is 101 Å². The maximum absolute atomic E-state index is 12.7. The molecule has 0 spiro atoms. The molecular formula is C22H25N3O5S. The van der Waals surface area contributed by atoms with E-state index < -0.39 is 10.0 Å². The van der Waals surface area contributed by atoms with Gasteiger partial charge < -0.3 is 14.5 Å². The van der Waals surface area contributed by atoms with Crippen molar-refractivity contribution in [3.05, 3.63) is 78.3 Å². The Bertz CT molecular complexity index is 1110. The number of anilines is 1. The van der Waals surface area contributed by atoms with Gasteiger partial charge in [-0.3, -0.25) is 14.4 Å². The van der Waals surface area contributed by atoms with Crippen molar-refractivity contribution in [2.75, 3.05) is 32.5 Å². The lowest BCUT2D eigenvalue weighted by molar-refractivity contribution is 0.0939. The zero-order valence-electron chi connectivity index (χ0n) is 17.5. The van der Waals surface area contributed by atoms with E-state index in [4.69, 9.17) is 9.15 Å². The molecule has 2 N–H and O–H groups in total. The molecule has 8 nitrogen and oxygen atoms in total. The number of ether oxygens (including phenoxy) is 1. The van der Waals surface area contributed by atoms with Crippen molar-refractivity contribution in [3.8, 4) is 5.75 Å². The lowest BCUT2D eigenvalue weighted by atomic mass is 10.2. The van der Waals surface area contributed by atoms with Gasteiger partial charge in [-0.15, -0.1) is 0 Å². The van der Waals surface area contributed by atoms with Crippen LogP contribution in [0.15, 0.2) is 76.2 Å². The van der Waals surface area contributed by atoms with Gasteiger partial charge in [-0.2, -0.15) is 0 Å². The molecule has 9 heteroatoms. The fourth-order valence-electron chi connectivity index (χ4n) is 2.99. The summed E-state index contributed by atoms with van der Waals surface area (Å²) in [4.78, 5) is 14.6. The molecule has 0 aliphatic heterocycles. The second-order valence-electron chi connectivity index (χ2n) is 7.07. The van der Waals surface area contributed by atoms with Gasteiger partial charge in [0.1, 0.15) is 11.5 Å². The van der Waals surface area contributed by atoms with Crippen LogP contribution in [0.5, 0.6) is 5.75 Å². The highest BCUT2D eigenvalue weighted by Gasteiger charge is 2.20. The number of nitrogens with one attached hydrogen (secondary N) is 2. The minimum absolute atomic E-state index is 0.00818. The van der Waals surface area contributed by atoms with Crippen molar-refractivity contribution in [2.45, 2.75) is 10.9 Å². The van der Waals surface area contributed by atoms with Crippen molar-refractivity contribution in [1.29, 1.82) is 0 Å². The van der Waals surface area contributed by atoms with Crippen LogP contribution in [0.4, 0.5) is 5.69 Å². The SMILES string of the molecule is COc1ccc(NS(=O)(=O)c2cccc(C(=O)NC[C@H](c3ccco3)N(C)C)c2)cc1. The number of likely N-dealkylation sites (N-methyl/N-ethyl adjacent to an activating group) is 1. The van der Waals surface area contributed by atoms with E-state index in [9.17, 15) is 13.2 Å². The molecule has 0 aliphatic carbocycles. The van der Waals surface area contributed by atoms with Crippen LogP contribution in [0, 0.1) is 0 Å². The molecule has 3 rings (SSSR count). The first-order chi connectivity index (χ1) is 14.8. The smallest absolute Gasteiger partial charge is 0.261 e. The van der Waals surface area contributed by atoms with E-state index in [1.807, 2.05) is 25.1 Å². The summed E-state index contributed by atoms with van der Waals surface area (Å²) in [6.07, 6.45) is 1.58. The number of hydrogen-bond donors (Lipinski definition) is 2. The molecule has 0 radical (unpaired) electrons. The minimum Gasteiger partial charge on any atom is -0.497 e. The van der Waals surface area contributed by atoms with Crippen molar-refractivity contribution in [2.24, 2.45) is 0 Å². The molecule has 31 heavy (non-hydrogen) atoms. The van der Waals surface area contributed by atoms with Crippen molar-refractivity contribution in [3.63, 3.8) is 0 Å². The normalized spacial score (nSPS) is 12.4. The second-order valence-corrected chi connectivity index (χ2v) is 8.75. The number of amides is 1. The van der Waals surface area contributed by atoms with Crippen LogP contribution in [-0.4, -0.2) is 47.0 Å². The van der Waals surface area contributed by atoms with E-state index in [2.05, 4.69) is 10.0 Å². The molecule has 0 unspecified atom stereocenters. The van der Waals surface area contributed by atoms with Gasteiger partial charge in [0, 0.05) is 17.8 Å². The third kappa shape index (κ3) is 5.65. The molecule has 2 aromatic carbocycles. The second kappa shape index (κ2) is 9.67.